The zero-order chi connectivity index (χ0) is 15.2. The number of hydrogen-bond acceptors (Lipinski definition) is 8. The van der Waals surface area contributed by atoms with Gasteiger partial charge in [-0.1, -0.05) is 23.9 Å². The van der Waals surface area contributed by atoms with Crippen LogP contribution in [0.3, 0.4) is 0 Å². The highest BCUT2D eigenvalue weighted by Crippen LogP contribution is 2.27. The molecule has 0 bridgehead atoms. The molecule has 0 saturated carbocycles. The molecule has 2 aromatic rings. The molecule has 1 heterocycles. The van der Waals surface area contributed by atoms with Crippen LogP contribution in [-0.2, 0) is 0 Å². The summed E-state index contributed by atoms with van der Waals surface area (Å²) < 4.78 is 0. The predicted molar refractivity (Wildman–Crippen MR) is 87.1 cm³/mol. The Morgan fingerprint density at radius 1 is 1.29 bits per heavy atom. The highest BCUT2D eigenvalue weighted by molar-refractivity contribution is 8.12. The topological polar surface area (TPSA) is 105 Å². The van der Waals surface area contributed by atoms with Crippen molar-refractivity contribution >= 4 is 41.2 Å². The fourth-order valence-corrected chi connectivity index (χ4v) is 2.61. The number of nitrogen functional groups attached to an aromatic ring is 1. The van der Waals surface area contributed by atoms with E-state index in [2.05, 4.69) is 15.4 Å². The Morgan fingerprint density at radius 3 is 2.52 bits per heavy atom. The zero-order valence-corrected chi connectivity index (χ0v) is 12.8. The van der Waals surface area contributed by atoms with Crippen LogP contribution < -0.4 is 11.3 Å². The second-order valence-corrected chi connectivity index (χ2v) is 5.58. The van der Waals surface area contributed by atoms with Crippen molar-refractivity contribution in [3.05, 3.63) is 29.8 Å². The van der Waals surface area contributed by atoms with Crippen LogP contribution in [0.1, 0.15) is 10.4 Å². The van der Waals surface area contributed by atoms with Gasteiger partial charge in [0.2, 0.25) is 0 Å². The van der Waals surface area contributed by atoms with Gasteiger partial charge in [0.25, 0.3) is 0 Å². The maximum Gasteiger partial charge on any atom is 0.162 e. The van der Waals surface area contributed by atoms with Gasteiger partial charge in [0.05, 0.1) is 11.1 Å². The minimum atomic E-state index is 0.244. The molecule has 0 aliphatic heterocycles. The monoisotopic (exact) mass is 319 g/mol. The van der Waals surface area contributed by atoms with E-state index in [1.54, 1.807) is 11.8 Å². The van der Waals surface area contributed by atoms with Crippen LogP contribution in [0, 0.1) is 5.41 Å². The first kappa shape index (κ1) is 15.5. The van der Waals surface area contributed by atoms with Crippen LogP contribution >= 0.6 is 23.5 Å². The fraction of sp³-hybridized carbons (Fsp3) is 0.0769. The summed E-state index contributed by atoms with van der Waals surface area (Å²) in [6, 6.07) is 7.74. The quantitative estimate of drug-likeness (QED) is 0.143. The molecule has 21 heavy (non-hydrogen) atoms. The smallest absolute Gasteiger partial charge is 0.162 e. The molecule has 0 saturated heterocycles. The molecule has 0 unspecified atom stereocenters. The first-order valence-electron chi connectivity index (χ1n) is 5.87. The number of thioether (sulfide) groups is 2. The Balaban J connectivity index is 2.54. The molecule has 0 fully saturated rings. The summed E-state index contributed by atoms with van der Waals surface area (Å²) in [7, 11) is 0. The molecular weight excluding hydrogens is 306 g/mol. The van der Waals surface area contributed by atoms with E-state index in [-0.39, 0.29) is 11.4 Å². The molecule has 0 atom stereocenters. The molecule has 0 radical (unpaired) electrons. The molecule has 0 amide bonds. The number of anilines is 1. The van der Waals surface area contributed by atoms with Gasteiger partial charge >= 0.3 is 0 Å². The van der Waals surface area contributed by atoms with Crippen molar-refractivity contribution < 1.29 is 4.79 Å². The number of hydrazine groups is 1. The first-order valence-corrected chi connectivity index (χ1v) is 7.97. The number of carbonyl (C=O) groups is 1. The van der Waals surface area contributed by atoms with Crippen molar-refractivity contribution in [2.45, 2.75) is 9.92 Å². The first-order chi connectivity index (χ1) is 10.2. The van der Waals surface area contributed by atoms with Crippen molar-refractivity contribution in [2.24, 2.45) is 5.84 Å². The van der Waals surface area contributed by atoms with E-state index < -0.39 is 0 Å². The minimum Gasteiger partial charge on any atom is -0.308 e. The lowest BCUT2D eigenvalue weighted by Crippen LogP contribution is -2.13. The van der Waals surface area contributed by atoms with E-state index in [0.29, 0.717) is 17.1 Å². The van der Waals surface area contributed by atoms with E-state index in [0.717, 1.165) is 27.8 Å². The molecule has 0 spiro atoms. The number of rotatable bonds is 6. The molecule has 6 nitrogen and oxygen atoms in total. The van der Waals surface area contributed by atoms with Crippen LogP contribution in [0.15, 0.2) is 34.2 Å². The van der Waals surface area contributed by atoms with Crippen molar-refractivity contribution in [1.82, 2.24) is 9.97 Å². The number of benzene rings is 1. The molecule has 0 aliphatic rings. The maximum atomic E-state index is 11.1. The molecule has 1 aromatic carbocycles. The van der Waals surface area contributed by atoms with Crippen LogP contribution in [0.5, 0.6) is 0 Å². The van der Waals surface area contributed by atoms with Gasteiger partial charge in [0.1, 0.15) is 5.03 Å². The van der Waals surface area contributed by atoms with E-state index >= 15 is 0 Å². The molecule has 108 valence electrons. The summed E-state index contributed by atoms with van der Waals surface area (Å²) >= 11 is 2.68. The van der Waals surface area contributed by atoms with E-state index in [4.69, 9.17) is 11.3 Å². The van der Waals surface area contributed by atoms with Gasteiger partial charge in [-0.25, -0.2) is 15.8 Å². The van der Waals surface area contributed by atoms with Crippen LogP contribution in [0.4, 0.5) is 5.82 Å². The molecule has 8 heteroatoms. The second-order valence-electron chi connectivity index (χ2n) is 3.84. The summed E-state index contributed by atoms with van der Waals surface area (Å²) in [6.07, 6.45) is 2.63. The van der Waals surface area contributed by atoms with Crippen LogP contribution in [0.25, 0.3) is 11.4 Å². The normalized spacial score (nSPS) is 10.2. The average Bonchev–Trinajstić information content (AvgIpc) is 2.54. The third kappa shape index (κ3) is 3.41. The summed E-state index contributed by atoms with van der Waals surface area (Å²) in [6.45, 7) is 0. The van der Waals surface area contributed by atoms with Gasteiger partial charge in [-0.15, -0.1) is 11.8 Å². The predicted octanol–water partition coefficient (Wildman–Crippen LogP) is 2.66. The second kappa shape index (κ2) is 7.21. The third-order valence-corrected chi connectivity index (χ3v) is 4.08. The largest absolute Gasteiger partial charge is 0.308 e. The van der Waals surface area contributed by atoms with Crippen LogP contribution in [-0.4, -0.2) is 28.1 Å². The Morgan fingerprint density at radius 2 is 2.00 bits per heavy atom. The number of carbonyl (C=O) groups excluding carboxylic acids is 1. The van der Waals surface area contributed by atoms with E-state index in [1.807, 2.05) is 30.5 Å². The Hall–Kier alpha value is -1.90. The van der Waals surface area contributed by atoms with Gasteiger partial charge in [-0.2, -0.15) is 0 Å². The van der Waals surface area contributed by atoms with Gasteiger partial charge in [-0.05, 0) is 18.4 Å². The van der Waals surface area contributed by atoms with Crippen molar-refractivity contribution in [3.8, 4) is 11.4 Å². The van der Waals surface area contributed by atoms with E-state index in [9.17, 15) is 4.79 Å². The summed E-state index contributed by atoms with van der Waals surface area (Å²) in [5.74, 6) is 6.11. The number of hydrogen-bond donors (Lipinski definition) is 3. The fourth-order valence-electron chi connectivity index (χ4n) is 1.68. The zero-order valence-electron chi connectivity index (χ0n) is 11.2. The Bertz CT molecular complexity index is 660. The van der Waals surface area contributed by atoms with Crippen LogP contribution in [0.2, 0.25) is 0 Å². The highest BCUT2D eigenvalue weighted by atomic mass is 32.2. The average molecular weight is 319 g/mol. The summed E-state index contributed by atoms with van der Waals surface area (Å²) in [5.41, 5.74) is 4.57. The Kier molecular flexibility index (Phi) is 5.32. The number of aromatic nitrogens is 2. The highest BCUT2D eigenvalue weighted by Gasteiger charge is 2.14. The molecular formula is C13H13N5OS2. The van der Waals surface area contributed by atoms with Gasteiger partial charge < -0.3 is 10.8 Å². The standard InChI is InChI=1S/C13H13N5OS2/c1-20-9-4-2-8(3-5-9)11-16-12(18-15)10(6-19)13(17-11)21-7-14/h2-7,14H,15H2,1H3,(H,16,17,18). The number of nitrogens with two attached hydrogens (primary N) is 1. The molecule has 4 N–H and O–H groups in total. The van der Waals surface area contributed by atoms with Crippen molar-refractivity contribution in [1.29, 1.82) is 5.41 Å². The number of nitrogens with one attached hydrogen (secondary N) is 2. The lowest BCUT2D eigenvalue weighted by atomic mass is 10.2. The maximum absolute atomic E-state index is 11.1. The SMILES string of the molecule is CSc1ccc(-c2nc(NN)c(C=O)c(SC=N)n2)cc1. The van der Waals surface area contributed by atoms with Gasteiger partial charge in [0.15, 0.2) is 17.9 Å². The lowest BCUT2D eigenvalue weighted by Gasteiger charge is -2.10. The summed E-state index contributed by atoms with van der Waals surface area (Å²) in [4.78, 5) is 20.9. The van der Waals surface area contributed by atoms with Crippen molar-refractivity contribution in [2.75, 3.05) is 11.7 Å². The summed E-state index contributed by atoms with van der Waals surface area (Å²) in [5, 5.41) is 7.57. The minimum absolute atomic E-state index is 0.244. The van der Waals surface area contributed by atoms with Crippen molar-refractivity contribution in [3.63, 3.8) is 0 Å². The van der Waals surface area contributed by atoms with Gasteiger partial charge in [0, 0.05) is 10.5 Å². The van der Waals surface area contributed by atoms with E-state index in [1.165, 1.54) is 0 Å². The van der Waals surface area contributed by atoms with Gasteiger partial charge in [-0.3, -0.25) is 4.79 Å². The third-order valence-electron chi connectivity index (χ3n) is 2.68. The number of nitrogens with zero attached hydrogens (tertiary/aromatic N) is 2. The number of aldehydes is 1. The molecule has 0 aliphatic carbocycles. The Labute approximate surface area is 130 Å². The molecule has 2 rings (SSSR count). The lowest BCUT2D eigenvalue weighted by molar-refractivity contribution is 0.112. The molecule has 1 aromatic heterocycles.